The summed E-state index contributed by atoms with van der Waals surface area (Å²) in [4.78, 5) is 0. The molecule has 7 N–H and O–H groups in total. The number of aromatic hydroxyl groups is 3. The predicted octanol–water partition coefficient (Wildman–Crippen LogP) is -0.589. The minimum Gasteiger partial charge on any atom is -0.504 e. The number of nitrogens with zero attached hydrogens (tertiary/aromatic N) is 2. The Hall–Kier alpha value is -2.44. The SMILES string of the molecule is NC(N)=NN=Cc1ccc(O)c(O)c1O. The van der Waals surface area contributed by atoms with Crippen LogP contribution in [0.15, 0.2) is 22.3 Å². The fourth-order valence-corrected chi connectivity index (χ4v) is 0.847. The highest BCUT2D eigenvalue weighted by atomic mass is 16.3. The highest BCUT2D eigenvalue weighted by Gasteiger charge is 2.08. The second kappa shape index (κ2) is 4.18. The molecular formula is C8H10N4O3. The van der Waals surface area contributed by atoms with Crippen LogP contribution in [0.3, 0.4) is 0 Å². The van der Waals surface area contributed by atoms with Crippen molar-refractivity contribution in [2.24, 2.45) is 21.7 Å². The molecule has 15 heavy (non-hydrogen) atoms. The van der Waals surface area contributed by atoms with E-state index in [0.717, 1.165) is 6.21 Å². The van der Waals surface area contributed by atoms with Gasteiger partial charge in [0.2, 0.25) is 11.7 Å². The fraction of sp³-hybridized carbons (Fsp3) is 0. The molecular weight excluding hydrogens is 200 g/mol. The third kappa shape index (κ3) is 2.50. The smallest absolute Gasteiger partial charge is 0.211 e. The molecule has 0 fully saturated rings. The van der Waals surface area contributed by atoms with Crippen molar-refractivity contribution in [3.63, 3.8) is 0 Å². The number of phenols is 3. The third-order valence-corrected chi connectivity index (χ3v) is 1.53. The Morgan fingerprint density at radius 1 is 1.13 bits per heavy atom. The van der Waals surface area contributed by atoms with E-state index >= 15 is 0 Å². The van der Waals surface area contributed by atoms with Crippen molar-refractivity contribution in [3.8, 4) is 17.2 Å². The molecule has 0 aliphatic rings. The number of nitrogens with two attached hydrogens (primary N) is 2. The summed E-state index contributed by atoms with van der Waals surface area (Å²) < 4.78 is 0. The van der Waals surface area contributed by atoms with E-state index < -0.39 is 17.2 Å². The average molecular weight is 210 g/mol. The van der Waals surface area contributed by atoms with E-state index in [0.29, 0.717) is 0 Å². The van der Waals surface area contributed by atoms with Crippen molar-refractivity contribution < 1.29 is 15.3 Å². The molecule has 0 aliphatic heterocycles. The first-order valence-electron chi connectivity index (χ1n) is 3.88. The zero-order chi connectivity index (χ0) is 11.4. The summed E-state index contributed by atoms with van der Waals surface area (Å²) in [5.74, 6) is -1.77. The third-order valence-electron chi connectivity index (χ3n) is 1.53. The Balaban J connectivity index is 3.02. The van der Waals surface area contributed by atoms with Gasteiger partial charge in [0.1, 0.15) is 0 Å². The molecule has 0 saturated heterocycles. The molecule has 0 unspecified atom stereocenters. The number of phenolic OH excluding ortho intramolecular Hbond substituents is 3. The van der Waals surface area contributed by atoms with Gasteiger partial charge < -0.3 is 26.8 Å². The summed E-state index contributed by atoms with van der Waals surface area (Å²) in [6, 6.07) is 2.54. The first kappa shape index (κ1) is 10.6. The first-order valence-corrected chi connectivity index (χ1v) is 3.88. The van der Waals surface area contributed by atoms with Crippen LogP contribution in [0.5, 0.6) is 17.2 Å². The minimum atomic E-state index is -0.622. The van der Waals surface area contributed by atoms with Gasteiger partial charge in [0.05, 0.1) is 6.21 Å². The molecule has 0 aromatic heterocycles. The topological polar surface area (TPSA) is 137 Å². The van der Waals surface area contributed by atoms with Crippen LogP contribution in [-0.4, -0.2) is 27.5 Å². The maximum absolute atomic E-state index is 9.33. The Kier molecular flexibility index (Phi) is 2.97. The summed E-state index contributed by atoms with van der Waals surface area (Å²) in [5, 5.41) is 34.2. The van der Waals surface area contributed by atoms with E-state index in [1.165, 1.54) is 12.1 Å². The monoisotopic (exact) mass is 210 g/mol. The highest BCUT2D eigenvalue weighted by Crippen LogP contribution is 2.36. The summed E-state index contributed by atoms with van der Waals surface area (Å²) in [6.07, 6.45) is 1.13. The van der Waals surface area contributed by atoms with Crippen molar-refractivity contribution >= 4 is 12.2 Å². The lowest BCUT2D eigenvalue weighted by Crippen LogP contribution is -2.21. The minimum absolute atomic E-state index is 0.176. The molecule has 0 spiro atoms. The number of benzene rings is 1. The standard InChI is InChI=1S/C8H10N4O3/c9-8(10)12-11-3-4-1-2-5(13)7(15)6(4)14/h1-3,13-15H,(H4,9,10,12). The molecule has 1 rings (SSSR count). The second-order valence-corrected chi connectivity index (χ2v) is 2.64. The molecule has 1 aromatic rings. The number of hydrogen-bond donors (Lipinski definition) is 5. The molecule has 1 aromatic carbocycles. The summed E-state index contributed by atoms with van der Waals surface area (Å²) in [6.45, 7) is 0. The molecule has 80 valence electrons. The molecule has 7 heteroatoms. The van der Waals surface area contributed by atoms with Gasteiger partial charge in [0, 0.05) is 5.56 Å². The largest absolute Gasteiger partial charge is 0.504 e. The Morgan fingerprint density at radius 2 is 1.80 bits per heavy atom. The Bertz CT molecular complexity index is 424. The lowest BCUT2D eigenvalue weighted by Gasteiger charge is -2.02. The van der Waals surface area contributed by atoms with Gasteiger partial charge >= 0.3 is 0 Å². The predicted molar refractivity (Wildman–Crippen MR) is 54.8 cm³/mol. The van der Waals surface area contributed by atoms with Crippen LogP contribution in [0.4, 0.5) is 0 Å². The van der Waals surface area contributed by atoms with Crippen molar-refractivity contribution in [1.29, 1.82) is 0 Å². The normalized spacial score (nSPS) is 10.4. The van der Waals surface area contributed by atoms with Crippen LogP contribution in [0.1, 0.15) is 5.56 Å². The van der Waals surface area contributed by atoms with Gasteiger partial charge in [-0.25, -0.2) is 0 Å². The Labute approximate surface area is 85.0 Å². The molecule has 0 atom stereocenters. The van der Waals surface area contributed by atoms with Gasteiger partial charge in [-0.2, -0.15) is 5.10 Å². The van der Waals surface area contributed by atoms with E-state index in [2.05, 4.69) is 10.2 Å². The number of rotatable bonds is 2. The fourth-order valence-electron chi connectivity index (χ4n) is 0.847. The van der Waals surface area contributed by atoms with Gasteiger partial charge in [0.25, 0.3) is 0 Å². The quantitative estimate of drug-likeness (QED) is 0.192. The molecule has 0 heterocycles. The van der Waals surface area contributed by atoms with E-state index in [-0.39, 0.29) is 11.5 Å². The highest BCUT2D eigenvalue weighted by molar-refractivity contribution is 5.86. The van der Waals surface area contributed by atoms with Gasteiger partial charge in [-0.05, 0) is 12.1 Å². The molecule has 0 saturated carbocycles. The molecule has 0 bridgehead atoms. The van der Waals surface area contributed by atoms with E-state index in [9.17, 15) is 5.11 Å². The van der Waals surface area contributed by atoms with E-state index in [4.69, 9.17) is 21.7 Å². The van der Waals surface area contributed by atoms with Crippen LogP contribution < -0.4 is 11.5 Å². The number of hydrogen-bond acceptors (Lipinski definition) is 5. The van der Waals surface area contributed by atoms with Crippen LogP contribution in [0.2, 0.25) is 0 Å². The molecule has 0 radical (unpaired) electrons. The lowest BCUT2D eigenvalue weighted by molar-refractivity contribution is 0.367. The van der Waals surface area contributed by atoms with Crippen LogP contribution in [0, 0.1) is 0 Å². The first-order chi connectivity index (χ1) is 7.02. The summed E-state index contributed by atoms with van der Waals surface area (Å²) in [5.41, 5.74) is 10.2. The van der Waals surface area contributed by atoms with Crippen molar-refractivity contribution in [3.05, 3.63) is 17.7 Å². The van der Waals surface area contributed by atoms with E-state index in [1.807, 2.05) is 0 Å². The van der Waals surface area contributed by atoms with Crippen LogP contribution in [-0.2, 0) is 0 Å². The van der Waals surface area contributed by atoms with Gasteiger partial charge in [0.15, 0.2) is 11.5 Å². The maximum atomic E-state index is 9.33. The van der Waals surface area contributed by atoms with Crippen molar-refractivity contribution in [2.75, 3.05) is 0 Å². The van der Waals surface area contributed by atoms with E-state index in [1.54, 1.807) is 0 Å². The maximum Gasteiger partial charge on any atom is 0.211 e. The van der Waals surface area contributed by atoms with Crippen LogP contribution >= 0.6 is 0 Å². The summed E-state index contributed by atoms with van der Waals surface area (Å²) >= 11 is 0. The molecule has 0 aliphatic carbocycles. The van der Waals surface area contributed by atoms with Gasteiger partial charge in [-0.3, -0.25) is 0 Å². The zero-order valence-electron chi connectivity index (χ0n) is 7.62. The Morgan fingerprint density at radius 3 is 2.40 bits per heavy atom. The van der Waals surface area contributed by atoms with Crippen molar-refractivity contribution in [1.82, 2.24) is 0 Å². The second-order valence-electron chi connectivity index (χ2n) is 2.64. The van der Waals surface area contributed by atoms with Gasteiger partial charge in [-0.15, -0.1) is 5.10 Å². The zero-order valence-corrected chi connectivity index (χ0v) is 7.62. The van der Waals surface area contributed by atoms with Crippen molar-refractivity contribution in [2.45, 2.75) is 0 Å². The number of guanidine groups is 1. The molecule has 0 amide bonds. The molecule has 7 nitrogen and oxygen atoms in total. The average Bonchev–Trinajstić information content (AvgIpc) is 2.18. The summed E-state index contributed by atoms with van der Waals surface area (Å²) in [7, 11) is 0. The van der Waals surface area contributed by atoms with Crippen LogP contribution in [0.25, 0.3) is 0 Å². The lowest BCUT2D eigenvalue weighted by atomic mass is 10.2. The van der Waals surface area contributed by atoms with Gasteiger partial charge in [-0.1, -0.05) is 0 Å².